The van der Waals surface area contributed by atoms with Crippen LogP contribution in [0.25, 0.3) is 0 Å². The highest BCUT2D eigenvalue weighted by atomic mass is 19.4. The van der Waals surface area contributed by atoms with Gasteiger partial charge in [-0.1, -0.05) is 30.3 Å². The zero-order chi connectivity index (χ0) is 18.4. The minimum absolute atomic E-state index is 0.158. The lowest BCUT2D eigenvalue weighted by Gasteiger charge is -2.15. The monoisotopic (exact) mass is 352 g/mol. The van der Waals surface area contributed by atoms with E-state index >= 15 is 0 Å². The molecule has 2 aromatic rings. The molecule has 0 saturated heterocycles. The van der Waals surface area contributed by atoms with Crippen molar-refractivity contribution in [3.05, 3.63) is 70.1 Å². The van der Waals surface area contributed by atoms with Gasteiger partial charge in [0, 0.05) is 18.3 Å². The van der Waals surface area contributed by atoms with Crippen LogP contribution in [0.15, 0.2) is 53.5 Å². The third kappa shape index (κ3) is 5.77. The van der Waals surface area contributed by atoms with Crippen molar-refractivity contribution in [2.75, 3.05) is 0 Å². The van der Waals surface area contributed by atoms with Crippen LogP contribution in [-0.4, -0.2) is 16.5 Å². The fourth-order valence-electron chi connectivity index (χ4n) is 2.40. The van der Waals surface area contributed by atoms with Gasteiger partial charge in [-0.2, -0.15) is 13.2 Å². The Bertz CT molecular complexity index is 770. The fourth-order valence-corrected chi connectivity index (χ4v) is 2.40. The lowest BCUT2D eigenvalue weighted by Crippen LogP contribution is -2.37. The normalized spacial score (nSPS) is 12.6. The number of carbonyl (C=O) groups excluding carboxylic acids is 1. The second kappa shape index (κ2) is 8.00. The number of benzene rings is 1. The van der Waals surface area contributed by atoms with Gasteiger partial charge >= 0.3 is 6.18 Å². The number of amides is 1. The van der Waals surface area contributed by atoms with Crippen molar-refractivity contribution < 1.29 is 18.0 Å². The summed E-state index contributed by atoms with van der Waals surface area (Å²) in [6, 6.07) is 11.1. The molecule has 0 aliphatic heterocycles. The van der Waals surface area contributed by atoms with Crippen molar-refractivity contribution in [3.8, 4) is 0 Å². The molecule has 134 valence electrons. The fraction of sp³-hybridized carbons (Fsp3) is 0.333. The molecule has 1 aromatic heterocycles. The van der Waals surface area contributed by atoms with Crippen LogP contribution in [-0.2, 0) is 23.9 Å². The first-order valence-electron chi connectivity index (χ1n) is 7.86. The summed E-state index contributed by atoms with van der Waals surface area (Å²) in [6.45, 7) is 1.37. The third-order valence-corrected chi connectivity index (χ3v) is 3.74. The molecule has 0 aliphatic carbocycles. The summed E-state index contributed by atoms with van der Waals surface area (Å²) in [4.78, 5) is 23.6. The first kappa shape index (κ1) is 18.8. The Labute approximate surface area is 143 Å². The number of aryl methyl sites for hydroxylation is 1. The summed E-state index contributed by atoms with van der Waals surface area (Å²) < 4.78 is 38.8. The van der Waals surface area contributed by atoms with E-state index in [0.29, 0.717) is 18.7 Å². The highest BCUT2D eigenvalue weighted by molar-refractivity contribution is 5.76. The molecule has 1 heterocycles. The van der Waals surface area contributed by atoms with Crippen LogP contribution in [0.2, 0.25) is 0 Å². The number of nitrogens with one attached hydrogen (secondary N) is 1. The maximum absolute atomic E-state index is 12.7. The van der Waals surface area contributed by atoms with Gasteiger partial charge in [0.15, 0.2) is 0 Å². The average molecular weight is 352 g/mol. The molecule has 25 heavy (non-hydrogen) atoms. The van der Waals surface area contributed by atoms with Gasteiger partial charge in [-0.15, -0.1) is 0 Å². The predicted molar refractivity (Wildman–Crippen MR) is 88.1 cm³/mol. The molecule has 7 heteroatoms. The van der Waals surface area contributed by atoms with Crippen molar-refractivity contribution >= 4 is 5.91 Å². The second-order valence-electron chi connectivity index (χ2n) is 5.87. The molecular formula is C18H19F3N2O2. The van der Waals surface area contributed by atoms with Crippen molar-refractivity contribution in [3.63, 3.8) is 0 Å². The number of aromatic nitrogens is 1. The number of nitrogens with zero attached hydrogens (tertiary/aromatic N) is 1. The molecule has 0 radical (unpaired) electrons. The van der Waals surface area contributed by atoms with E-state index in [1.54, 1.807) is 0 Å². The van der Waals surface area contributed by atoms with Crippen LogP contribution in [0, 0.1) is 0 Å². The Kier molecular flexibility index (Phi) is 6.01. The Hall–Kier alpha value is -2.57. The molecule has 0 fully saturated rings. The Morgan fingerprint density at radius 2 is 1.84 bits per heavy atom. The second-order valence-corrected chi connectivity index (χ2v) is 5.87. The van der Waals surface area contributed by atoms with Crippen molar-refractivity contribution in [2.24, 2.45) is 0 Å². The van der Waals surface area contributed by atoms with Crippen LogP contribution < -0.4 is 10.9 Å². The van der Waals surface area contributed by atoms with E-state index in [1.807, 2.05) is 37.3 Å². The smallest absolute Gasteiger partial charge is 0.352 e. The van der Waals surface area contributed by atoms with Crippen LogP contribution in [0.1, 0.15) is 24.5 Å². The maximum Gasteiger partial charge on any atom is 0.417 e. The van der Waals surface area contributed by atoms with E-state index in [9.17, 15) is 22.8 Å². The molecule has 0 aliphatic rings. The van der Waals surface area contributed by atoms with Crippen molar-refractivity contribution in [2.45, 2.75) is 38.5 Å². The average Bonchev–Trinajstić information content (AvgIpc) is 2.55. The summed E-state index contributed by atoms with van der Waals surface area (Å²) in [5.41, 5.74) is -0.477. The first-order chi connectivity index (χ1) is 11.8. The first-order valence-corrected chi connectivity index (χ1v) is 7.86. The number of hydrogen-bond donors (Lipinski definition) is 1. The van der Waals surface area contributed by atoms with Crippen LogP contribution in [0.4, 0.5) is 13.2 Å². The molecular weight excluding hydrogens is 333 g/mol. The van der Waals surface area contributed by atoms with Gasteiger partial charge in [-0.25, -0.2) is 0 Å². The lowest BCUT2D eigenvalue weighted by atomic mass is 10.1. The number of halogens is 3. The summed E-state index contributed by atoms with van der Waals surface area (Å²) in [7, 11) is 0. The molecule has 2 rings (SSSR count). The summed E-state index contributed by atoms with van der Waals surface area (Å²) >= 11 is 0. The third-order valence-electron chi connectivity index (χ3n) is 3.74. The Morgan fingerprint density at radius 3 is 2.48 bits per heavy atom. The van der Waals surface area contributed by atoms with E-state index in [4.69, 9.17) is 0 Å². The molecule has 1 aromatic carbocycles. The van der Waals surface area contributed by atoms with E-state index in [2.05, 4.69) is 5.32 Å². The van der Waals surface area contributed by atoms with Gasteiger partial charge in [0.1, 0.15) is 6.54 Å². The van der Waals surface area contributed by atoms with Crippen LogP contribution >= 0.6 is 0 Å². The number of hydrogen-bond acceptors (Lipinski definition) is 2. The van der Waals surface area contributed by atoms with E-state index in [1.165, 1.54) is 0 Å². The molecule has 0 bridgehead atoms. The Balaban J connectivity index is 1.92. The van der Waals surface area contributed by atoms with Gasteiger partial charge in [0.05, 0.1) is 5.56 Å². The van der Waals surface area contributed by atoms with E-state index < -0.39 is 29.8 Å². The van der Waals surface area contributed by atoms with E-state index in [-0.39, 0.29) is 6.04 Å². The molecule has 0 saturated carbocycles. The zero-order valence-electron chi connectivity index (χ0n) is 13.7. The largest absolute Gasteiger partial charge is 0.417 e. The van der Waals surface area contributed by atoms with Gasteiger partial charge in [-0.3, -0.25) is 9.59 Å². The molecule has 0 spiro atoms. The quantitative estimate of drug-likeness (QED) is 0.869. The molecule has 1 atom stereocenters. The minimum Gasteiger partial charge on any atom is -0.352 e. The maximum atomic E-state index is 12.7. The highest BCUT2D eigenvalue weighted by Crippen LogP contribution is 2.27. The van der Waals surface area contributed by atoms with E-state index in [0.717, 1.165) is 22.6 Å². The van der Waals surface area contributed by atoms with Crippen LogP contribution in [0.5, 0.6) is 0 Å². The van der Waals surface area contributed by atoms with Gasteiger partial charge in [0.25, 0.3) is 5.56 Å². The molecule has 1 amide bonds. The Morgan fingerprint density at radius 1 is 1.16 bits per heavy atom. The van der Waals surface area contributed by atoms with Gasteiger partial charge in [-0.05, 0) is 31.4 Å². The molecule has 1 N–H and O–H groups in total. The predicted octanol–water partition coefficient (Wildman–Crippen LogP) is 3.00. The highest BCUT2D eigenvalue weighted by Gasteiger charge is 2.31. The van der Waals surface area contributed by atoms with Crippen LogP contribution in [0.3, 0.4) is 0 Å². The van der Waals surface area contributed by atoms with Gasteiger partial charge in [0.2, 0.25) is 5.91 Å². The van der Waals surface area contributed by atoms with Crippen molar-refractivity contribution in [1.29, 1.82) is 0 Å². The summed E-state index contributed by atoms with van der Waals surface area (Å²) in [5, 5.41) is 2.70. The number of carbonyl (C=O) groups is 1. The number of alkyl halides is 3. The SMILES string of the molecule is CC(CCc1ccccc1)NC(=O)Cn1cc(C(F)(F)F)ccc1=O. The minimum atomic E-state index is -4.56. The standard InChI is InChI=1S/C18H19F3N2O2/c1-13(7-8-14-5-3-2-4-6-14)22-16(24)12-23-11-15(18(19,20)21)9-10-17(23)25/h2-6,9-11,13H,7-8,12H2,1H3,(H,22,24). The van der Waals surface area contributed by atoms with Crippen molar-refractivity contribution in [1.82, 2.24) is 9.88 Å². The number of rotatable bonds is 6. The summed E-state index contributed by atoms with van der Waals surface area (Å²) in [6.07, 6.45) is -2.44. The molecule has 4 nitrogen and oxygen atoms in total. The zero-order valence-corrected chi connectivity index (χ0v) is 13.7. The van der Waals surface area contributed by atoms with Gasteiger partial charge < -0.3 is 9.88 Å². The topological polar surface area (TPSA) is 51.1 Å². The number of pyridine rings is 1. The summed E-state index contributed by atoms with van der Waals surface area (Å²) in [5.74, 6) is -0.498. The lowest BCUT2D eigenvalue weighted by molar-refractivity contribution is -0.138. The molecule has 1 unspecified atom stereocenters.